The molecule has 0 aliphatic carbocycles. The molecule has 4 nitrogen and oxygen atoms in total. The van der Waals surface area contributed by atoms with Crippen molar-refractivity contribution in [1.29, 1.82) is 0 Å². The summed E-state index contributed by atoms with van der Waals surface area (Å²) < 4.78 is 11.8. The van der Waals surface area contributed by atoms with Gasteiger partial charge in [0.15, 0.2) is 0 Å². The quantitative estimate of drug-likeness (QED) is 0.0516. The highest BCUT2D eigenvalue weighted by atomic mass is 16.5. The molecule has 1 N–H and O–H groups in total. The lowest BCUT2D eigenvalue weighted by molar-refractivity contribution is -0.143. The summed E-state index contributed by atoms with van der Waals surface area (Å²) >= 11 is 0. The van der Waals surface area contributed by atoms with E-state index in [9.17, 15) is 9.90 Å². The zero-order valence-corrected chi connectivity index (χ0v) is 33.2. The van der Waals surface area contributed by atoms with Gasteiger partial charge in [-0.3, -0.25) is 4.79 Å². The van der Waals surface area contributed by atoms with Crippen LogP contribution in [0.25, 0.3) is 0 Å². The number of aliphatic hydroxyl groups excluding tert-OH is 1. The predicted molar refractivity (Wildman–Crippen MR) is 210 cm³/mol. The van der Waals surface area contributed by atoms with E-state index in [2.05, 4.69) is 20.8 Å². The molecule has 0 saturated carbocycles. The molecular weight excluding hydrogens is 592 g/mol. The average Bonchev–Trinajstić information content (AvgIpc) is 3.09. The summed E-state index contributed by atoms with van der Waals surface area (Å²) in [6, 6.07) is 0. The number of ether oxygens (including phenoxy) is 2. The van der Waals surface area contributed by atoms with Crippen LogP contribution in [0.4, 0.5) is 0 Å². The van der Waals surface area contributed by atoms with Crippen molar-refractivity contribution in [1.82, 2.24) is 0 Å². The number of carbonyl (C=O) groups is 1. The minimum absolute atomic E-state index is 0.0178. The molecule has 48 heavy (non-hydrogen) atoms. The molecule has 2 atom stereocenters. The van der Waals surface area contributed by atoms with E-state index >= 15 is 0 Å². The van der Waals surface area contributed by atoms with Crippen LogP contribution in [0.5, 0.6) is 0 Å². The number of hydrogen-bond donors (Lipinski definition) is 1. The minimum Gasteiger partial charge on any atom is -0.466 e. The summed E-state index contributed by atoms with van der Waals surface area (Å²) in [6.45, 7) is 8.20. The second kappa shape index (κ2) is 40.8. The van der Waals surface area contributed by atoms with E-state index < -0.39 is 0 Å². The molecule has 0 amide bonds. The van der Waals surface area contributed by atoms with Gasteiger partial charge in [0.2, 0.25) is 0 Å². The summed E-state index contributed by atoms with van der Waals surface area (Å²) in [7, 11) is 0. The topological polar surface area (TPSA) is 55.8 Å². The van der Waals surface area contributed by atoms with Crippen molar-refractivity contribution in [3.8, 4) is 0 Å². The third-order valence-corrected chi connectivity index (χ3v) is 10.2. The minimum atomic E-state index is -0.334. The lowest BCUT2D eigenvalue weighted by Gasteiger charge is -2.24. The Kier molecular flexibility index (Phi) is 40.3. The fourth-order valence-electron chi connectivity index (χ4n) is 6.88. The van der Waals surface area contributed by atoms with E-state index in [4.69, 9.17) is 9.47 Å². The zero-order chi connectivity index (χ0) is 35.0. The van der Waals surface area contributed by atoms with Gasteiger partial charge in [-0.15, -0.1) is 0 Å². The van der Waals surface area contributed by atoms with Gasteiger partial charge >= 0.3 is 5.97 Å². The Morgan fingerprint density at radius 1 is 0.417 bits per heavy atom. The number of esters is 1. The van der Waals surface area contributed by atoms with Crippen LogP contribution in [0.1, 0.15) is 252 Å². The molecule has 288 valence electrons. The first-order valence-electron chi connectivity index (χ1n) is 22.1. The Morgan fingerprint density at radius 3 is 1.19 bits per heavy atom. The van der Waals surface area contributed by atoms with Crippen LogP contribution in [0.15, 0.2) is 0 Å². The third kappa shape index (κ3) is 36.7. The van der Waals surface area contributed by atoms with Crippen LogP contribution in [-0.2, 0) is 14.3 Å². The molecule has 0 fully saturated rings. The fourth-order valence-corrected chi connectivity index (χ4v) is 6.88. The lowest BCUT2D eigenvalue weighted by atomic mass is 9.99. The fraction of sp³-hybridized carbons (Fsp3) is 0.977. The third-order valence-electron chi connectivity index (χ3n) is 10.2. The molecule has 0 radical (unpaired) electrons. The maximum Gasteiger partial charge on any atom is 0.305 e. The van der Waals surface area contributed by atoms with E-state index in [-0.39, 0.29) is 18.2 Å². The van der Waals surface area contributed by atoms with Crippen LogP contribution < -0.4 is 0 Å². The van der Waals surface area contributed by atoms with Gasteiger partial charge in [0.1, 0.15) is 0 Å². The van der Waals surface area contributed by atoms with Gasteiger partial charge in [0.05, 0.1) is 18.8 Å². The van der Waals surface area contributed by atoms with Crippen molar-refractivity contribution in [2.75, 3.05) is 13.2 Å². The standard InChI is InChI=1S/C44H88O4/c1-4-7-10-13-16-18-20-22-24-30-35-40-47-43(42(45)37-32-27-15-12-9-6-3)38-33-28-26-29-34-39-44(46)48-41-36-31-25-23-21-19-17-14-11-8-5-2/h42-43,45H,4-41H2,1-3H3. The molecule has 0 bridgehead atoms. The molecule has 0 spiro atoms. The van der Waals surface area contributed by atoms with Crippen LogP contribution in [0.2, 0.25) is 0 Å². The smallest absolute Gasteiger partial charge is 0.305 e. The van der Waals surface area contributed by atoms with Crippen molar-refractivity contribution in [2.45, 2.75) is 264 Å². The van der Waals surface area contributed by atoms with Crippen LogP contribution >= 0.6 is 0 Å². The first kappa shape index (κ1) is 47.4. The summed E-state index contributed by atoms with van der Waals surface area (Å²) in [4.78, 5) is 12.1. The van der Waals surface area contributed by atoms with Gasteiger partial charge < -0.3 is 14.6 Å². The van der Waals surface area contributed by atoms with Gasteiger partial charge in [-0.25, -0.2) is 0 Å². The second-order valence-corrected chi connectivity index (χ2v) is 15.1. The van der Waals surface area contributed by atoms with Gasteiger partial charge in [0, 0.05) is 13.0 Å². The van der Waals surface area contributed by atoms with Gasteiger partial charge in [0.25, 0.3) is 0 Å². The van der Waals surface area contributed by atoms with E-state index in [0.29, 0.717) is 13.0 Å². The molecule has 0 heterocycles. The SMILES string of the molecule is CCCCCCCCCCCCCOC(=O)CCCCCCCC(OCCCCCCCCCCCCC)C(O)CCCCCCCC. The average molecular weight is 681 g/mol. The van der Waals surface area contributed by atoms with Crippen molar-refractivity contribution in [3.05, 3.63) is 0 Å². The Balaban J connectivity index is 3.95. The summed E-state index contributed by atoms with van der Waals surface area (Å²) in [6.07, 6.45) is 44.2. The molecule has 0 aromatic carbocycles. The molecule has 0 saturated heterocycles. The first-order chi connectivity index (χ1) is 23.7. The van der Waals surface area contributed by atoms with Gasteiger partial charge in [-0.05, 0) is 32.1 Å². The Labute approximate surface area is 302 Å². The molecule has 0 rings (SSSR count). The maximum atomic E-state index is 12.1. The number of aliphatic hydroxyl groups is 1. The van der Waals surface area contributed by atoms with Crippen molar-refractivity contribution in [3.63, 3.8) is 0 Å². The molecule has 4 heteroatoms. The number of carbonyl (C=O) groups excluding carboxylic acids is 1. The van der Waals surface area contributed by atoms with Crippen molar-refractivity contribution >= 4 is 5.97 Å². The Bertz CT molecular complexity index is 609. The summed E-state index contributed by atoms with van der Waals surface area (Å²) in [5.74, 6) is -0.0178. The highest BCUT2D eigenvalue weighted by Crippen LogP contribution is 2.19. The molecule has 0 aliphatic heterocycles. The highest BCUT2D eigenvalue weighted by Gasteiger charge is 2.19. The van der Waals surface area contributed by atoms with E-state index in [1.807, 2.05) is 0 Å². The van der Waals surface area contributed by atoms with E-state index in [1.54, 1.807) is 0 Å². The van der Waals surface area contributed by atoms with Crippen LogP contribution in [0.3, 0.4) is 0 Å². The molecular formula is C44H88O4. The molecule has 0 aromatic heterocycles. The first-order valence-corrected chi connectivity index (χ1v) is 22.1. The number of rotatable bonds is 41. The largest absolute Gasteiger partial charge is 0.466 e. The van der Waals surface area contributed by atoms with Crippen molar-refractivity contribution < 1.29 is 19.4 Å². The van der Waals surface area contributed by atoms with Gasteiger partial charge in [-0.2, -0.15) is 0 Å². The zero-order valence-electron chi connectivity index (χ0n) is 33.2. The van der Waals surface area contributed by atoms with E-state index in [1.165, 1.54) is 161 Å². The second-order valence-electron chi connectivity index (χ2n) is 15.1. The molecule has 0 aromatic rings. The van der Waals surface area contributed by atoms with Crippen LogP contribution in [0, 0.1) is 0 Å². The van der Waals surface area contributed by atoms with Crippen LogP contribution in [-0.4, -0.2) is 36.5 Å². The monoisotopic (exact) mass is 681 g/mol. The normalized spacial score (nSPS) is 12.8. The summed E-state index contributed by atoms with van der Waals surface area (Å²) in [5, 5.41) is 11.0. The van der Waals surface area contributed by atoms with Crippen molar-refractivity contribution in [2.24, 2.45) is 0 Å². The lowest BCUT2D eigenvalue weighted by Crippen LogP contribution is -2.29. The summed E-state index contributed by atoms with van der Waals surface area (Å²) in [5.41, 5.74) is 0. The predicted octanol–water partition coefficient (Wildman–Crippen LogP) is 14.4. The Hall–Kier alpha value is -0.610. The molecule has 0 aliphatic rings. The van der Waals surface area contributed by atoms with Gasteiger partial charge in [-0.1, -0.05) is 213 Å². The van der Waals surface area contributed by atoms with E-state index in [0.717, 1.165) is 70.8 Å². The molecule has 2 unspecified atom stereocenters. The number of unbranched alkanes of at least 4 members (excludes halogenated alkanes) is 29. The number of hydrogen-bond acceptors (Lipinski definition) is 4. The maximum absolute atomic E-state index is 12.1. The highest BCUT2D eigenvalue weighted by molar-refractivity contribution is 5.69. The Morgan fingerprint density at radius 2 is 0.750 bits per heavy atom.